The monoisotopic (exact) mass is 419 g/mol. The van der Waals surface area contributed by atoms with Gasteiger partial charge in [0.2, 0.25) is 5.95 Å². The molecule has 158 valence electrons. The highest BCUT2D eigenvalue weighted by Gasteiger charge is 2.33. The summed E-state index contributed by atoms with van der Waals surface area (Å²) in [6, 6.07) is 13.0. The largest absolute Gasteiger partial charge is 0.492 e. The van der Waals surface area contributed by atoms with E-state index in [0.717, 1.165) is 0 Å². The molecule has 0 spiro atoms. The Hall–Kier alpha value is -4.14. The van der Waals surface area contributed by atoms with Crippen molar-refractivity contribution in [2.45, 2.75) is 19.9 Å². The van der Waals surface area contributed by atoms with Crippen LogP contribution in [0.1, 0.15) is 35.8 Å². The molecule has 3 N–H and O–H groups in total. The Labute approximate surface area is 178 Å². The highest BCUT2D eigenvalue weighted by Crippen LogP contribution is 2.36. The van der Waals surface area contributed by atoms with Gasteiger partial charge in [-0.2, -0.15) is 10.1 Å². The van der Waals surface area contributed by atoms with Gasteiger partial charge in [0.1, 0.15) is 18.1 Å². The molecular formula is C22H21N5O4. The van der Waals surface area contributed by atoms with Gasteiger partial charge in [-0.1, -0.05) is 24.3 Å². The molecule has 0 bridgehead atoms. The number of anilines is 2. The van der Waals surface area contributed by atoms with Crippen molar-refractivity contribution in [1.82, 2.24) is 14.8 Å². The molecule has 1 amide bonds. The second-order valence-electron chi connectivity index (χ2n) is 6.90. The Balaban J connectivity index is 1.74. The maximum Gasteiger partial charge on any atom is 0.335 e. The van der Waals surface area contributed by atoms with Gasteiger partial charge in [-0.05, 0) is 43.7 Å². The molecule has 0 unspecified atom stereocenters. The molecular weight excluding hydrogens is 398 g/mol. The molecule has 1 atom stereocenters. The normalized spacial score (nSPS) is 15.1. The zero-order valence-electron chi connectivity index (χ0n) is 17.0. The number of hydrogen-bond acceptors (Lipinski definition) is 6. The van der Waals surface area contributed by atoms with Gasteiger partial charge in [-0.3, -0.25) is 4.79 Å². The van der Waals surface area contributed by atoms with E-state index in [1.807, 2.05) is 19.1 Å². The first-order valence-electron chi connectivity index (χ1n) is 9.73. The average Bonchev–Trinajstić information content (AvgIpc) is 3.22. The van der Waals surface area contributed by atoms with Crippen LogP contribution in [0.15, 0.2) is 66.1 Å². The van der Waals surface area contributed by atoms with E-state index in [4.69, 9.17) is 4.74 Å². The average molecular weight is 419 g/mol. The first-order valence-corrected chi connectivity index (χ1v) is 9.73. The van der Waals surface area contributed by atoms with E-state index in [-0.39, 0.29) is 11.5 Å². The first-order chi connectivity index (χ1) is 15.0. The Morgan fingerprint density at radius 2 is 1.94 bits per heavy atom. The number of carboxylic acids is 1. The quantitative estimate of drug-likeness (QED) is 0.561. The van der Waals surface area contributed by atoms with Gasteiger partial charge in [0.15, 0.2) is 0 Å². The number of amides is 1. The summed E-state index contributed by atoms with van der Waals surface area (Å²) in [5, 5.41) is 19.5. The zero-order chi connectivity index (χ0) is 22.0. The zero-order valence-corrected chi connectivity index (χ0v) is 17.0. The van der Waals surface area contributed by atoms with E-state index >= 15 is 0 Å². The lowest BCUT2D eigenvalue weighted by Gasteiger charge is -2.29. The third-order valence-electron chi connectivity index (χ3n) is 4.95. The van der Waals surface area contributed by atoms with E-state index < -0.39 is 12.0 Å². The molecule has 4 rings (SSSR count). The number of allylic oxidation sites excluding steroid dienone is 1. The molecule has 0 saturated heterocycles. The van der Waals surface area contributed by atoms with Gasteiger partial charge in [-0.25, -0.2) is 9.48 Å². The number of nitrogens with zero attached hydrogens (tertiary/aromatic N) is 3. The fourth-order valence-corrected chi connectivity index (χ4v) is 3.54. The minimum atomic E-state index is -1.02. The molecule has 2 heterocycles. The van der Waals surface area contributed by atoms with E-state index in [2.05, 4.69) is 20.7 Å². The standard InChI is InChI=1S/C22H21N5O4/c1-3-31-17-7-5-4-6-16(17)26-20(28)18-13(2)25-22-23-12-24-27(22)19(18)14-8-10-15(11-9-14)21(29)30/h4-12,19H,3H2,1-2H3,(H,26,28)(H,29,30)(H,23,24,25)/t19-/m0/s1. The summed E-state index contributed by atoms with van der Waals surface area (Å²) >= 11 is 0. The molecule has 1 aromatic heterocycles. The third-order valence-corrected chi connectivity index (χ3v) is 4.95. The number of rotatable bonds is 6. The number of carboxylic acid groups (broad SMARTS) is 1. The number of aromatic nitrogens is 3. The molecule has 9 nitrogen and oxygen atoms in total. The number of fused-ring (bicyclic) bond motifs is 1. The minimum absolute atomic E-state index is 0.161. The number of carbonyl (C=O) groups is 2. The second kappa shape index (κ2) is 8.31. The highest BCUT2D eigenvalue weighted by molar-refractivity contribution is 6.06. The molecule has 0 radical (unpaired) electrons. The number of carbonyl (C=O) groups excluding carboxylic acids is 1. The van der Waals surface area contributed by atoms with Crippen LogP contribution in [-0.4, -0.2) is 38.4 Å². The van der Waals surface area contributed by atoms with Crippen molar-refractivity contribution in [2.24, 2.45) is 0 Å². The number of benzene rings is 2. The van der Waals surface area contributed by atoms with Crippen molar-refractivity contribution in [3.8, 4) is 5.75 Å². The molecule has 0 aliphatic carbocycles. The van der Waals surface area contributed by atoms with Crippen molar-refractivity contribution in [1.29, 1.82) is 0 Å². The Morgan fingerprint density at radius 3 is 2.65 bits per heavy atom. The third kappa shape index (κ3) is 3.85. The molecule has 0 saturated carbocycles. The van der Waals surface area contributed by atoms with Gasteiger partial charge < -0.3 is 20.5 Å². The maximum absolute atomic E-state index is 13.4. The lowest BCUT2D eigenvalue weighted by atomic mass is 9.94. The van der Waals surface area contributed by atoms with Crippen LogP contribution in [0, 0.1) is 0 Å². The molecule has 1 aliphatic heterocycles. The number of hydrogen-bond donors (Lipinski definition) is 3. The van der Waals surface area contributed by atoms with Crippen molar-refractivity contribution in [2.75, 3.05) is 17.2 Å². The molecule has 1 aliphatic rings. The SMILES string of the molecule is CCOc1ccccc1NC(=O)C1=C(C)Nc2ncnn2[C@H]1c1ccc(C(=O)O)cc1. The van der Waals surface area contributed by atoms with Crippen molar-refractivity contribution in [3.05, 3.63) is 77.3 Å². The fraction of sp³-hybridized carbons (Fsp3) is 0.182. The minimum Gasteiger partial charge on any atom is -0.492 e. The Bertz CT molecular complexity index is 1170. The lowest BCUT2D eigenvalue weighted by Crippen LogP contribution is -2.31. The van der Waals surface area contributed by atoms with Crippen LogP contribution < -0.4 is 15.4 Å². The maximum atomic E-state index is 13.4. The molecule has 3 aromatic rings. The van der Waals surface area contributed by atoms with Crippen molar-refractivity contribution < 1.29 is 19.4 Å². The summed E-state index contributed by atoms with van der Waals surface area (Å²) in [4.78, 5) is 28.8. The van der Waals surface area contributed by atoms with Crippen LogP contribution in [0.3, 0.4) is 0 Å². The Kier molecular flexibility index (Phi) is 5.40. The summed E-state index contributed by atoms with van der Waals surface area (Å²) in [5.74, 6) is -0.276. The van der Waals surface area contributed by atoms with Crippen molar-refractivity contribution >= 4 is 23.5 Å². The summed E-state index contributed by atoms with van der Waals surface area (Å²) in [6.07, 6.45) is 1.40. The van der Waals surface area contributed by atoms with Gasteiger partial charge in [0.05, 0.1) is 23.4 Å². The molecule has 31 heavy (non-hydrogen) atoms. The molecule has 2 aromatic carbocycles. The van der Waals surface area contributed by atoms with Gasteiger partial charge in [0, 0.05) is 5.70 Å². The van der Waals surface area contributed by atoms with Crippen LogP contribution in [0.25, 0.3) is 0 Å². The molecule has 9 heteroatoms. The van der Waals surface area contributed by atoms with Crippen LogP contribution >= 0.6 is 0 Å². The lowest BCUT2D eigenvalue weighted by molar-refractivity contribution is -0.113. The van der Waals surface area contributed by atoms with Gasteiger partial charge in [-0.15, -0.1) is 0 Å². The predicted molar refractivity (Wildman–Crippen MR) is 114 cm³/mol. The van der Waals surface area contributed by atoms with E-state index in [1.165, 1.54) is 18.5 Å². The highest BCUT2D eigenvalue weighted by atomic mass is 16.5. The number of ether oxygens (including phenoxy) is 1. The smallest absolute Gasteiger partial charge is 0.335 e. The fourth-order valence-electron chi connectivity index (χ4n) is 3.54. The second-order valence-corrected chi connectivity index (χ2v) is 6.90. The number of nitrogens with one attached hydrogen (secondary N) is 2. The topological polar surface area (TPSA) is 118 Å². The van der Waals surface area contributed by atoms with Gasteiger partial charge >= 0.3 is 5.97 Å². The van der Waals surface area contributed by atoms with E-state index in [0.29, 0.717) is 40.8 Å². The van der Waals surface area contributed by atoms with Crippen LogP contribution in [0.5, 0.6) is 5.75 Å². The first kappa shape index (κ1) is 20.1. The summed E-state index contributed by atoms with van der Waals surface area (Å²) < 4.78 is 7.22. The summed E-state index contributed by atoms with van der Waals surface area (Å²) in [5.41, 5.74) is 2.49. The van der Waals surface area contributed by atoms with Crippen molar-refractivity contribution in [3.63, 3.8) is 0 Å². The summed E-state index contributed by atoms with van der Waals surface area (Å²) in [7, 11) is 0. The van der Waals surface area contributed by atoms with Crippen LogP contribution in [-0.2, 0) is 4.79 Å². The van der Waals surface area contributed by atoms with Crippen LogP contribution in [0.2, 0.25) is 0 Å². The molecule has 0 fully saturated rings. The van der Waals surface area contributed by atoms with E-state index in [9.17, 15) is 14.7 Å². The van der Waals surface area contributed by atoms with Crippen LogP contribution in [0.4, 0.5) is 11.6 Å². The number of aromatic carboxylic acids is 1. The predicted octanol–water partition coefficient (Wildman–Crippen LogP) is 3.30. The van der Waals surface area contributed by atoms with Gasteiger partial charge in [0.25, 0.3) is 5.91 Å². The number of para-hydroxylation sites is 2. The Morgan fingerprint density at radius 1 is 1.19 bits per heavy atom. The van der Waals surface area contributed by atoms with E-state index in [1.54, 1.807) is 35.9 Å². The summed E-state index contributed by atoms with van der Waals surface area (Å²) in [6.45, 7) is 4.14.